The molecule has 0 heterocycles. The summed E-state index contributed by atoms with van der Waals surface area (Å²) >= 11 is 3.30. The number of hydrogen-bond acceptors (Lipinski definition) is 4. The van der Waals surface area contributed by atoms with Crippen LogP contribution in [-0.4, -0.2) is 53.2 Å². The van der Waals surface area contributed by atoms with Gasteiger partial charge in [-0.2, -0.15) is 23.5 Å². The molecule has 2 amide bonds. The van der Waals surface area contributed by atoms with Gasteiger partial charge in [-0.25, -0.2) is 9.59 Å². The number of aliphatic carboxylic acids is 1. The van der Waals surface area contributed by atoms with Crippen LogP contribution in [0.25, 0.3) is 0 Å². The Labute approximate surface area is 117 Å². The highest BCUT2D eigenvalue weighted by Gasteiger charge is 2.18. The van der Waals surface area contributed by atoms with Gasteiger partial charge in [0.25, 0.3) is 0 Å². The van der Waals surface area contributed by atoms with Crippen LogP contribution in [0, 0.1) is 0 Å². The van der Waals surface area contributed by atoms with Gasteiger partial charge in [-0.15, -0.1) is 0 Å². The maximum Gasteiger partial charge on any atom is 0.326 e. The second-order valence-electron chi connectivity index (χ2n) is 3.91. The zero-order valence-electron chi connectivity index (χ0n) is 11.1. The molecule has 0 aromatic rings. The van der Waals surface area contributed by atoms with E-state index in [1.54, 1.807) is 23.5 Å². The third kappa shape index (κ3) is 8.52. The van der Waals surface area contributed by atoms with Gasteiger partial charge >= 0.3 is 12.0 Å². The number of hydrogen-bond donors (Lipinski definition) is 3. The van der Waals surface area contributed by atoms with E-state index in [4.69, 9.17) is 5.11 Å². The minimum Gasteiger partial charge on any atom is -0.480 e. The molecule has 0 aliphatic carbocycles. The molecule has 2 unspecified atom stereocenters. The predicted molar refractivity (Wildman–Crippen MR) is 78.6 cm³/mol. The van der Waals surface area contributed by atoms with Crippen molar-refractivity contribution < 1.29 is 14.7 Å². The van der Waals surface area contributed by atoms with Gasteiger partial charge in [-0.1, -0.05) is 6.92 Å². The third-order valence-electron chi connectivity index (χ3n) is 2.45. The molecule has 5 nitrogen and oxygen atoms in total. The molecule has 7 heteroatoms. The first kappa shape index (κ1) is 17.4. The lowest BCUT2D eigenvalue weighted by molar-refractivity contribution is -0.139. The van der Waals surface area contributed by atoms with E-state index in [1.165, 1.54) is 0 Å². The number of carboxylic acids is 1. The van der Waals surface area contributed by atoms with Gasteiger partial charge in [-0.3, -0.25) is 0 Å². The summed E-state index contributed by atoms with van der Waals surface area (Å²) in [5.74, 6) is -0.280. The van der Waals surface area contributed by atoms with E-state index < -0.39 is 18.0 Å². The molecule has 0 spiro atoms. The van der Waals surface area contributed by atoms with Crippen LogP contribution in [0.15, 0.2) is 0 Å². The number of amides is 2. The number of carbonyl (C=O) groups is 2. The molecule has 0 aliphatic heterocycles. The summed E-state index contributed by atoms with van der Waals surface area (Å²) in [4.78, 5) is 22.4. The Balaban J connectivity index is 3.91. The number of urea groups is 1. The molecule has 0 saturated heterocycles. The minimum atomic E-state index is -0.989. The van der Waals surface area contributed by atoms with Crippen molar-refractivity contribution >= 4 is 35.5 Å². The van der Waals surface area contributed by atoms with Crippen molar-refractivity contribution in [3.63, 3.8) is 0 Å². The quantitative estimate of drug-likeness (QED) is 0.602. The first-order valence-corrected chi connectivity index (χ1v) is 8.48. The zero-order chi connectivity index (χ0) is 14.0. The Kier molecular flexibility index (Phi) is 10.0. The van der Waals surface area contributed by atoms with Gasteiger partial charge in [0, 0.05) is 11.8 Å². The van der Waals surface area contributed by atoms with E-state index in [9.17, 15) is 9.59 Å². The maximum absolute atomic E-state index is 11.5. The highest BCUT2D eigenvalue weighted by molar-refractivity contribution is 7.99. The summed E-state index contributed by atoms with van der Waals surface area (Å²) in [5.41, 5.74) is 0. The maximum atomic E-state index is 11.5. The van der Waals surface area contributed by atoms with Gasteiger partial charge < -0.3 is 15.7 Å². The normalized spacial score (nSPS) is 13.7. The van der Waals surface area contributed by atoms with Crippen molar-refractivity contribution in [3.05, 3.63) is 0 Å². The SMILES string of the molecule is CSCCC(NC(=O)NCCC(C)SC)C(=O)O. The van der Waals surface area contributed by atoms with Crippen LogP contribution in [-0.2, 0) is 4.79 Å². The molecular weight excluding hydrogens is 272 g/mol. The van der Waals surface area contributed by atoms with Gasteiger partial charge in [0.05, 0.1) is 0 Å². The smallest absolute Gasteiger partial charge is 0.326 e. The Bertz CT molecular complexity index is 265. The molecule has 0 rings (SSSR count). The molecule has 0 aliphatic rings. The summed E-state index contributed by atoms with van der Waals surface area (Å²) in [6.07, 6.45) is 5.23. The van der Waals surface area contributed by atoms with Crippen LogP contribution >= 0.6 is 23.5 Å². The highest BCUT2D eigenvalue weighted by atomic mass is 32.2. The topological polar surface area (TPSA) is 78.4 Å². The Morgan fingerprint density at radius 1 is 1.28 bits per heavy atom. The summed E-state index contributed by atoms with van der Waals surface area (Å²) in [5, 5.41) is 14.6. The molecule has 0 fully saturated rings. The van der Waals surface area contributed by atoms with Crippen molar-refractivity contribution in [2.75, 3.05) is 24.8 Å². The van der Waals surface area contributed by atoms with Crippen molar-refractivity contribution in [1.82, 2.24) is 10.6 Å². The summed E-state index contributed by atoms with van der Waals surface area (Å²) in [6, 6.07) is -1.22. The Morgan fingerprint density at radius 2 is 1.94 bits per heavy atom. The number of rotatable bonds is 9. The zero-order valence-corrected chi connectivity index (χ0v) is 12.7. The monoisotopic (exact) mass is 294 g/mol. The molecular formula is C11H22N2O3S2. The van der Waals surface area contributed by atoms with E-state index in [2.05, 4.69) is 17.6 Å². The third-order valence-corrected chi connectivity index (χ3v) is 4.14. The van der Waals surface area contributed by atoms with Crippen molar-refractivity contribution in [2.45, 2.75) is 31.1 Å². The van der Waals surface area contributed by atoms with Crippen molar-refractivity contribution in [3.8, 4) is 0 Å². The van der Waals surface area contributed by atoms with E-state index in [0.29, 0.717) is 24.0 Å². The van der Waals surface area contributed by atoms with E-state index in [0.717, 1.165) is 6.42 Å². The van der Waals surface area contributed by atoms with Crippen LogP contribution in [0.5, 0.6) is 0 Å². The second-order valence-corrected chi connectivity index (χ2v) is 6.17. The largest absolute Gasteiger partial charge is 0.480 e. The number of thioether (sulfide) groups is 2. The average Bonchev–Trinajstić information content (AvgIpc) is 2.33. The fourth-order valence-electron chi connectivity index (χ4n) is 1.21. The fraction of sp³-hybridized carbons (Fsp3) is 0.818. The summed E-state index contributed by atoms with van der Waals surface area (Å²) in [6.45, 7) is 2.64. The van der Waals surface area contributed by atoms with Crippen LogP contribution in [0.2, 0.25) is 0 Å². The summed E-state index contributed by atoms with van der Waals surface area (Å²) in [7, 11) is 0. The molecule has 0 aromatic carbocycles. The first-order chi connectivity index (χ1) is 8.51. The molecule has 18 heavy (non-hydrogen) atoms. The summed E-state index contributed by atoms with van der Waals surface area (Å²) < 4.78 is 0. The molecule has 0 saturated carbocycles. The predicted octanol–water partition coefficient (Wildman–Crippen LogP) is 1.63. The lowest BCUT2D eigenvalue weighted by atomic mass is 10.2. The highest BCUT2D eigenvalue weighted by Crippen LogP contribution is 2.07. The number of nitrogens with one attached hydrogen (secondary N) is 2. The average molecular weight is 294 g/mol. The number of carboxylic acid groups (broad SMARTS) is 1. The standard InChI is InChI=1S/C11H22N2O3S2/c1-8(18-3)4-6-12-11(16)13-9(10(14)15)5-7-17-2/h8-9H,4-7H2,1-3H3,(H,14,15)(H2,12,13,16). The van der Waals surface area contributed by atoms with Crippen LogP contribution in [0.4, 0.5) is 4.79 Å². The van der Waals surface area contributed by atoms with Crippen LogP contribution in [0.3, 0.4) is 0 Å². The van der Waals surface area contributed by atoms with Gasteiger partial charge in [0.15, 0.2) is 0 Å². The van der Waals surface area contributed by atoms with E-state index >= 15 is 0 Å². The van der Waals surface area contributed by atoms with Crippen molar-refractivity contribution in [2.24, 2.45) is 0 Å². The van der Waals surface area contributed by atoms with Gasteiger partial charge in [-0.05, 0) is 31.1 Å². The first-order valence-electron chi connectivity index (χ1n) is 5.80. The Hall–Kier alpha value is -0.560. The lowest BCUT2D eigenvalue weighted by Crippen LogP contribution is -2.46. The molecule has 3 N–H and O–H groups in total. The Morgan fingerprint density at radius 3 is 2.44 bits per heavy atom. The van der Waals surface area contributed by atoms with E-state index in [1.807, 2.05) is 12.5 Å². The van der Waals surface area contributed by atoms with Crippen molar-refractivity contribution in [1.29, 1.82) is 0 Å². The molecule has 0 aromatic heterocycles. The van der Waals surface area contributed by atoms with Gasteiger partial charge in [0.2, 0.25) is 0 Å². The van der Waals surface area contributed by atoms with E-state index in [-0.39, 0.29) is 0 Å². The molecule has 0 radical (unpaired) electrons. The van der Waals surface area contributed by atoms with Crippen LogP contribution in [0.1, 0.15) is 19.8 Å². The minimum absolute atomic E-state index is 0.406. The molecule has 106 valence electrons. The molecule has 2 atom stereocenters. The fourth-order valence-corrected chi connectivity index (χ4v) is 2.03. The number of carbonyl (C=O) groups excluding carboxylic acids is 1. The molecule has 0 bridgehead atoms. The van der Waals surface area contributed by atoms with Crippen LogP contribution < -0.4 is 10.6 Å². The second kappa shape index (κ2) is 10.4. The van der Waals surface area contributed by atoms with Gasteiger partial charge in [0.1, 0.15) is 6.04 Å². The lowest BCUT2D eigenvalue weighted by Gasteiger charge is -2.15.